The van der Waals surface area contributed by atoms with E-state index in [1.54, 1.807) is 19.9 Å². The van der Waals surface area contributed by atoms with Gasteiger partial charge in [-0.05, 0) is 19.9 Å². The molecule has 0 saturated heterocycles. The largest absolute Gasteiger partial charge is 0.278 e. The first-order valence-electron chi connectivity index (χ1n) is 3.20. The van der Waals surface area contributed by atoms with Gasteiger partial charge in [0.05, 0.1) is 0 Å². The van der Waals surface area contributed by atoms with Crippen molar-refractivity contribution < 1.29 is 9.59 Å². The van der Waals surface area contributed by atoms with Crippen LogP contribution in [0.25, 0.3) is 0 Å². The Hall–Kier alpha value is -1.38. The van der Waals surface area contributed by atoms with Crippen molar-refractivity contribution in [3.8, 4) is 0 Å². The van der Waals surface area contributed by atoms with Crippen molar-refractivity contribution in [2.24, 2.45) is 0 Å². The van der Waals surface area contributed by atoms with Crippen molar-refractivity contribution in [2.45, 2.75) is 13.8 Å². The molecule has 0 radical (unpaired) electrons. The molecular weight excluding hydrogens is 142 g/mol. The molecule has 0 aliphatic heterocycles. The minimum atomic E-state index is -0.366. The van der Waals surface area contributed by atoms with Gasteiger partial charge in [0.25, 0.3) is 5.91 Å². The number of rotatable bonds is 3. The Morgan fingerprint density at radius 2 is 2.09 bits per heavy atom. The quantitative estimate of drug-likeness (QED) is 0.449. The van der Waals surface area contributed by atoms with Crippen molar-refractivity contribution in [2.75, 3.05) is 0 Å². The zero-order valence-electron chi connectivity index (χ0n) is 6.70. The van der Waals surface area contributed by atoms with Crippen LogP contribution in [-0.2, 0) is 9.59 Å². The standard InChI is InChI=1S/C8H11NO2/c1-4-5-8(11)9(6-10)7(2)3/h4-6H,2H2,1,3H3/b5-4-. The van der Waals surface area contributed by atoms with Gasteiger partial charge in [0, 0.05) is 5.70 Å². The predicted molar refractivity (Wildman–Crippen MR) is 42.5 cm³/mol. The maximum absolute atomic E-state index is 11.0. The molecule has 0 spiro atoms. The van der Waals surface area contributed by atoms with E-state index in [1.807, 2.05) is 0 Å². The van der Waals surface area contributed by atoms with Crippen LogP contribution in [0.3, 0.4) is 0 Å². The first kappa shape index (κ1) is 9.62. The Labute approximate surface area is 66.0 Å². The third kappa shape index (κ3) is 2.80. The Morgan fingerprint density at radius 1 is 1.55 bits per heavy atom. The van der Waals surface area contributed by atoms with Crippen LogP contribution in [0.5, 0.6) is 0 Å². The molecule has 0 aromatic carbocycles. The summed E-state index contributed by atoms with van der Waals surface area (Å²) in [6, 6.07) is 0. The summed E-state index contributed by atoms with van der Waals surface area (Å²) >= 11 is 0. The van der Waals surface area contributed by atoms with Crippen LogP contribution in [0.4, 0.5) is 0 Å². The van der Waals surface area contributed by atoms with Gasteiger partial charge in [0.1, 0.15) is 0 Å². The van der Waals surface area contributed by atoms with Crippen molar-refractivity contribution in [3.63, 3.8) is 0 Å². The van der Waals surface area contributed by atoms with Gasteiger partial charge >= 0.3 is 0 Å². The highest BCUT2D eigenvalue weighted by atomic mass is 16.2. The van der Waals surface area contributed by atoms with E-state index in [4.69, 9.17) is 0 Å². The van der Waals surface area contributed by atoms with Crippen molar-refractivity contribution in [3.05, 3.63) is 24.4 Å². The fourth-order valence-corrected chi connectivity index (χ4v) is 0.553. The van der Waals surface area contributed by atoms with Gasteiger partial charge in [0.2, 0.25) is 6.41 Å². The molecule has 0 aliphatic rings. The Bertz CT molecular complexity index is 206. The molecule has 0 fully saturated rings. The van der Waals surface area contributed by atoms with E-state index in [1.165, 1.54) is 6.08 Å². The molecule has 0 N–H and O–H groups in total. The summed E-state index contributed by atoms with van der Waals surface area (Å²) in [5, 5.41) is 0. The maximum atomic E-state index is 11.0. The summed E-state index contributed by atoms with van der Waals surface area (Å²) in [5.74, 6) is -0.366. The van der Waals surface area contributed by atoms with Crippen LogP contribution >= 0.6 is 0 Å². The average Bonchev–Trinajstić information content (AvgIpc) is 1.88. The normalized spacial score (nSPS) is 9.64. The van der Waals surface area contributed by atoms with Crippen LogP contribution in [0, 0.1) is 0 Å². The molecule has 0 saturated carbocycles. The van der Waals surface area contributed by atoms with Crippen LogP contribution in [-0.4, -0.2) is 17.2 Å². The first-order valence-corrected chi connectivity index (χ1v) is 3.20. The molecule has 0 atom stereocenters. The molecule has 0 aromatic heterocycles. The number of carbonyl (C=O) groups excluding carboxylic acids is 2. The number of amides is 2. The summed E-state index contributed by atoms with van der Waals surface area (Å²) in [4.78, 5) is 22.2. The second kappa shape index (κ2) is 4.44. The number of nitrogens with zero attached hydrogens (tertiary/aromatic N) is 1. The van der Waals surface area contributed by atoms with E-state index < -0.39 is 0 Å². The van der Waals surface area contributed by atoms with E-state index in [-0.39, 0.29) is 5.91 Å². The lowest BCUT2D eigenvalue weighted by molar-refractivity contribution is -0.132. The van der Waals surface area contributed by atoms with Gasteiger partial charge in [-0.2, -0.15) is 0 Å². The summed E-state index contributed by atoms with van der Waals surface area (Å²) < 4.78 is 0. The second-order valence-corrected chi connectivity index (χ2v) is 2.05. The molecule has 60 valence electrons. The van der Waals surface area contributed by atoms with Gasteiger partial charge in [-0.15, -0.1) is 0 Å². The number of hydrogen-bond acceptors (Lipinski definition) is 2. The predicted octanol–water partition coefficient (Wildman–Crippen LogP) is 1.08. The zero-order chi connectivity index (χ0) is 8.85. The van der Waals surface area contributed by atoms with Gasteiger partial charge in [0.15, 0.2) is 0 Å². The van der Waals surface area contributed by atoms with Gasteiger partial charge in [-0.1, -0.05) is 12.7 Å². The molecule has 0 bridgehead atoms. The van der Waals surface area contributed by atoms with E-state index in [0.717, 1.165) is 4.90 Å². The highest BCUT2D eigenvalue weighted by Crippen LogP contribution is 1.97. The Morgan fingerprint density at radius 3 is 2.36 bits per heavy atom. The smallest absolute Gasteiger partial charge is 0.256 e. The molecule has 0 heterocycles. The van der Waals surface area contributed by atoms with E-state index in [0.29, 0.717) is 12.1 Å². The Kier molecular flexibility index (Phi) is 3.88. The topological polar surface area (TPSA) is 37.4 Å². The van der Waals surface area contributed by atoms with Crippen LogP contribution in [0.1, 0.15) is 13.8 Å². The van der Waals surface area contributed by atoms with E-state index >= 15 is 0 Å². The van der Waals surface area contributed by atoms with Crippen molar-refractivity contribution >= 4 is 12.3 Å². The van der Waals surface area contributed by atoms with Crippen molar-refractivity contribution in [1.82, 2.24) is 4.90 Å². The van der Waals surface area contributed by atoms with Crippen LogP contribution < -0.4 is 0 Å². The summed E-state index contributed by atoms with van der Waals surface area (Å²) in [6.07, 6.45) is 3.33. The number of imide groups is 1. The molecule has 0 unspecified atom stereocenters. The molecule has 0 rings (SSSR count). The number of allylic oxidation sites excluding steroid dienone is 2. The van der Waals surface area contributed by atoms with Crippen molar-refractivity contribution in [1.29, 1.82) is 0 Å². The molecule has 0 aliphatic carbocycles. The minimum absolute atomic E-state index is 0.366. The fourth-order valence-electron chi connectivity index (χ4n) is 0.553. The van der Waals surface area contributed by atoms with Gasteiger partial charge in [-0.25, -0.2) is 0 Å². The lowest BCUT2D eigenvalue weighted by Crippen LogP contribution is -2.25. The van der Waals surface area contributed by atoms with Gasteiger partial charge in [-0.3, -0.25) is 14.5 Å². The highest BCUT2D eigenvalue weighted by Gasteiger charge is 2.07. The number of carbonyl (C=O) groups is 2. The molecular formula is C8H11NO2. The zero-order valence-corrected chi connectivity index (χ0v) is 6.70. The third-order valence-electron chi connectivity index (χ3n) is 1.06. The monoisotopic (exact) mass is 153 g/mol. The minimum Gasteiger partial charge on any atom is -0.278 e. The maximum Gasteiger partial charge on any atom is 0.256 e. The van der Waals surface area contributed by atoms with Gasteiger partial charge < -0.3 is 0 Å². The molecule has 0 aromatic rings. The highest BCUT2D eigenvalue weighted by molar-refractivity contribution is 5.96. The summed E-state index contributed by atoms with van der Waals surface area (Å²) in [5.41, 5.74) is 0.420. The molecule has 3 heteroatoms. The SMILES string of the molecule is C=C(C)N(C=O)C(=O)/C=C\C. The fraction of sp³-hybridized carbons (Fsp3) is 0.250. The average molecular weight is 153 g/mol. The third-order valence-corrected chi connectivity index (χ3v) is 1.06. The van der Waals surface area contributed by atoms with Crippen LogP contribution in [0.2, 0.25) is 0 Å². The molecule has 11 heavy (non-hydrogen) atoms. The molecule has 3 nitrogen and oxygen atoms in total. The van der Waals surface area contributed by atoms with Crippen LogP contribution in [0.15, 0.2) is 24.4 Å². The first-order chi connectivity index (χ1) is 5.13. The lowest BCUT2D eigenvalue weighted by atomic mass is 10.4. The Balaban J connectivity index is 4.38. The summed E-state index contributed by atoms with van der Waals surface area (Å²) in [7, 11) is 0. The number of hydrogen-bond donors (Lipinski definition) is 0. The second-order valence-electron chi connectivity index (χ2n) is 2.05. The lowest BCUT2D eigenvalue weighted by Gasteiger charge is -2.11. The summed E-state index contributed by atoms with van der Waals surface area (Å²) in [6.45, 7) is 6.77. The van der Waals surface area contributed by atoms with E-state index in [9.17, 15) is 9.59 Å². The molecule has 2 amide bonds. The van der Waals surface area contributed by atoms with E-state index in [2.05, 4.69) is 6.58 Å².